The lowest BCUT2D eigenvalue weighted by Gasteiger charge is -2.09. The first-order chi connectivity index (χ1) is 11.2. The Labute approximate surface area is 132 Å². The van der Waals surface area contributed by atoms with Gasteiger partial charge in [-0.25, -0.2) is 15.0 Å². The number of aryl methyl sites for hydroxylation is 1. The molecule has 1 aromatic carbocycles. The summed E-state index contributed by atoms with van der Waals surface area (Å²) in [5.41, 5.74) is 1.71. The van der Waals surface area contributed by atoms with E-state index >= 15 is 0 Å². The van der Waals surface area contributed by atoms with Gasteiger partial charge < -0.3 is 5.32 Å². The third-order valence-electron chi connectivity index (χ3n) is 3.36. The van der Waals surface area contributed by atoms with E-state index in [9.17, 15) is 10.1 Å². The third kappa shape index (κ3) is 3.00. The SMILES string of the molecule is CCc1ccc(Nc2ncnc(-n3ccnc3)c2[N+](=O)[O-])cc1. The molecule has 116 valence electrons. The Hall–Kier alpha value is -3.29. The van der Waals surface area contributed by atoms with E-state index in [0.29, 0.717) is 0 Å². The summed E-state index contributed by atoms with van der Waals surface area (Å²) in [6.45, 7) is 2.06. The van der Waals surface area contributed by atoms with E-state index in [-0.39, 0.29) is 17.3 Å². The highest BCUT2D eigenvalue weighted by atomic mass is 16.6. The van der Waals surface area contributed by atoms with Gasteiger partial charge in [-0.2, -0.15) is 0 Å². The van der Waals surface area contributed by atoms with Crippen molar-refractivity contribution in [3.63, 3.8) is 0 Å². The molecule has 3 aromatic rings. The number of aromatic nitrogens is 4. The highest BCUT2D eigenvalue weighted by molar-refractivity contribution is 5.70. The Kier molecular flexibility index (Phi) is 3.96. The normalized spacial score (nSPS) is 10.5. The standard InChI is InChI=1S/C15H14N6O2/c1-2-11-3-5-12(6-4-11)19-14-13(21(22)23)15(18-9-17-14)20-8-7-16-10-20/h3-10H,2H2,1H3,(H,17,18,19). The number of nitrogens with one attached hydrogen (secondary N) is 1. The van der Waals surface area contributed by atoms with E-state index in [4.69, 9.17) is 0 Å². The summed E-state index contributed by atoms with van der Waals surface area (Å²) in [6.07, 6.45) is 6.79. The van der Waals surface area contributed by atoms with Crippen molar-refractivity contribution in [1.82, 2.24) is 19.5 Å². The first-order valence-electron chi connectivity index (χ1n) is 7.02. The van der Waals surface area contributed by atoms with E-state index in [1.165, 1.54) is 29.0 Å². The summed E-state index contributed by atoms with van der Waals surface area (Å²) >= 11 is 0. The van der Waals surface area contributed by atoms with Crippen molar-refractivity contribution in [2.24, 2.45) is 0 Å². The summed E-state index contributed by atoms with van der Waals surface area (Å²) in [4.78, 5) is 22.9. The largest absolute Gasteiger partial charge is 0.354 e. The zero-order valence-corrected chi connectivity index (χ0v) is 12.4. The second-order valence-corrected chi connectivity index (χ2v) is 4.80. The van der Waals surface area contributed by atoms with Gasteiger partial charge in [0, 0.05) is 18.1 Å². The van der Waals surface area contributed by atoms with E-state index in [1.807, 2.05) is 24.3 Å². The van der Waals surface area contributed by atoms with Gasteiger partial charge >= 0.3 is 5.69 Å². The van der Waals surface area contributed by atoms with E-state index in [2.05, 4.69) is 27.2 Å². The average molecular weight is 310 g/mol. The Morgan fingerprint density at radius 2 is 2.04 bits per heavy atom. The van der Waals surface area contributed by atoms with Crippen LogP contribution in [0.25, 0.3) is 5.82 Å². The zero-order chi connectivity index (χ0) is 16.2. The molecule has 0 spiro atoms. The molecule has 0 radical (unpaired) electrons. The van der Waals surface area contributed by atoms with Crippen molar-refractivity contribution < 1.29 is 4.92 Å². The molecule has 0 aliphatic heterocycles. The van der Waals surface area contributed by atoms with Gasteiger partial charge in [-0.1, -0.05) is 19.1 Å². The molecule has 0 aliphatic carbocycles. The van der Waals surface area contributed by atoms with E-state index in [1.54, 1.807) is 6.20 Å². The maximum atomic E-state index is 11.5. The molecule has 0 bridgehead atoms. The number of rotatable bonds is 5. The maximum Gasteiger partial charge on any atom is 0.354 e. The van der Waals surface area contributed by atoms with Crippen LogP contribution in [0.4, 0.5) is 17.2 Å². The summed E-state index contributed by atoms with van der Waals surface area (Å²) in [5, 5.41) is 14.5. The van der Waals surface area contributed by atoms with Crippen LogP contribution in [0.3, 0.4) is 0 Å². The highest BCUT2D eigenvalue weighted by Crippen LogP contribution is 2.29. The minimum absolute atomic E-state index is 0.137. The van der Waals surface area contributed by atoms with E-state index < -0.39 is 4.92 Å². The third-order valence-corrected chi connectivity index (χ3v) is 3.36. The first kappa shape index (κ1) is 14.6. The summed E-state index contributed by atoms with van der Waals surface area (Å²) in [5.74, 6) is 0.299. The molecule has 0 amide bonds. The molecule has 8 heteroatoms. The molecule has 0 aliphatic rings. The minimum atomic E-state index is -0.502. The Morgan fingerprint density at radius 1 is 1.26 bits per heavy atom. The molecule has 0 atom stereocenters. The summed E-state index contributed by atoms with van der Waals surface area (Å²) in [6, 6.07) is 7.65. The number of hydrogen-bond acceptors (Lipinski definition) is 6. The van der Waals surface area contributed by atoms with E-state index in [0.717, 1.165) is 12.1 Å². The molecular weight excluding hydrogens is 296 g/mol. The molecule has 0 unspecified atom stereocenters. The Balaban J connectivity index is 2.01. The van der Waals surface area contributed by atoms with Crippen LogP contribution in [0, 0.1) is 10.1 Å². The number of anilines is 2. The van der Waals surface area contributed by atoms with Gasteiger partial charge in [0.1, 0.15) is 12.7 Å². The predicted octanol–water partition coefficient (Wildman–Crippen LogP) is 2.88. The van der Waals surface area contributed by atoms with Crippen LogP contribution >= 0.6 is 0 Å². The molecule has 0 saturated carbocycles. The molecule has 23 heavy (non-hydrogen) atoms. The summed E-state index contributed by atoms with van der Waals surface area (Å²) < 4.78 is 1.48. The van der Waals surface area contributed by atoms with Crippen molar-refractivity contribution in [1.29, 1.82) is 0 Å². The molecule has 0 saturated heterocycles. The lowest BCUT2D eigenvalue weighted by molar-refractivity contribution is -0.384. The maximum absolute atomic E-state index is 11.5. The van der Waals surface area contributed by atoms with Gasteiger partial charge in [0.05, 0.1) is 4.92 Å². The van der Waals surface area contributed by atoms with Crippen molar-refractivity contribution in [2.75, 3.05) is 5.32 Å². The lowest BCUT2D eigenvalue weighted by atomic mass is 10.1. The number of imidazole rings is 1. The second-order valence-electron chi connectivity index (χ2n) is 4.80. The number of benzene rings is 1. The quantitative estimate of drug-likeness (QED) is 0.574. The van der Waals surface area contributed by atoms with Gasteiger partial charge in [0.15, 0.2) is 0 Å². The predicted molar refractivity (Wildman–Crippen MR) is 84.9 cm³/mol. The lowest BCUT2D eigenvalue weighted by Crippen LogP contribution is -2.06. The Morgan fingerprint density at radius 3 is 2.65 bits per heavy atom. The van der Waals surface area contributed by atoms with Crippen LogP contribution in [0.1, 0.15) is 12.5 Å². The van der Waals surface area contributed by atoms with Gasteiger partial charge in [-0.05, 0) is 24.1 Å². The molecule has 1 N–H and O–H groups in total. The fraction of sp³-hybridized carbons (Fsp3) is 0.133. The fourth-order valence-electron chi connectivity index (χ4n) is 2.16. The number of nitrogens with zero attached hydrogens (tertiary/aromatic N) is 5. The highest BCUT2D eigenvalue weighted by Gasteiger charge is 2.24. The van der Waals surface area contributed by atoms with Crippen molar-refractivity contribution in [3.8, 4) is 5.82 Å². The van der Waals surface area contributed by atoms with Crippen LogP contribution in [-0.4, -0.2) is 24.4 Å². The minimum Gasteiger partial charge on any atom is -0.334 e. The van der Waals surface area contributed by atoms with Gasteiger partial charge in [0.25, 0.3) is 0 Å². The van der Waals surface area contributed by atoms with Crippen LogP contribution in [0.2, 0.25) is 0 Å². The number of hydrogen-bond donors (Lipinski definition) is 1. The molecular formula is C15H14N6O2. The second kappa shape index (κ2) is 6.22. The monoisotopic (exact) mass is 310 g/mol. The molecule has 2 heterocycles. The van der Waals surface area contributed by atoms with Gasteiger partial charge in [0.2, 0.25) is 11.6 Å². The van der Waals surface area contributed by atoms with Gasteiger partial charge in [-0.3, -0.25) is 14.7 Å². The number of nitro groups is 1. The van der Waals surface area contributed by atoms with Gasteiger partial charge in [-0.15, -0.1) is 0 Å². The molecule has 2 aromatic heterocycles. The molecule has 3 rings (SSSR count). The fourth-order valence-corrected chi connectivity index (χ4v) is 2.16. The summed E-state index contributed by atoms with van der Waals surface area (Å²) in [7, 11) is 0. The Bertz CT molecular complexity index is 814. The topological polar surface area (TPSA) is 98.8 Å². The van der Waals surface area contributed by atoms with Crippen molar-refractivity contribution >= 4 is 17.2 Å². The zero-order valence-electron chi connectivity index (χ0n) is 12.4. The van der Waals surface area contributed by atoms with Crippen molar-refractivity contribution in [3.05, 3.63) is 65.0 Å². The van der Waals surface area contributed by atoms with Crippen LogP contribution in [-0.2, 0) is 6.42 Å². The van der Waals surface area contributed by atoms with Crippen molar-refractivity contribution in [2.45, 2.75) is 13.3 Å². The first-order valence-corrected chi connectivity index (χ1v) is 7.02. The van der Waals surface area contributed by atoms with Crippen LogP contribution < -0.4 is 5.32 Å². The van der Waals surface area contributed by atoms with Crippen LogP contribution in [0.5, 0.6) is 0 Å². The molecule has 8 nitrogen and oxygen atoms in total. The molecule has 0 fully saturated rings. The van der Waals surface area contributed by atoms with Crippen LogP contribution in [0.15, 0.2) is 49.3 Å². The average Bonchev–Trinajstić information content (AvgIpc) is 3.09. The smallest absolute Gasteiger partial charge is 0.334 e.